The number of hydrogen-bond donors (Lipinski definition) is 0. The summed E-state index contributed by atoms with van der Waals surface area (Å²) in [7, 11) is 0. The Labute approximate surface area is 82.5 Å². The van der Waals surface area contributed by atoms with Crippen LogP contribution in [0.3, 0.4) is 0 Å². The quantitative estimate of drug-likeness (QED) is 0.694. The first-order valence-electron chi connectivity index (χ1n) is 2.45. The van der Waals surface area contributed by atoms with Gasteiger partial charge in [0.05, 0.1) is 6.61 Å². The lowest BCUT2D eigenvalue weighted by Crippen LogP contribution is -2.36. The minimum atomic E-state index is -3.29. The Hall–Kier alpha value is 0.980. The van der Waals surface area contributed by atoms with Crippen LogP contribution in [0.15, 0.2) is 0 Å². The van der Waals surface area contributed by atoms with E-state index in [0.717, 1.165) is 0 Å². The molecule has 1 atom stereocenters. The van der Waals surface area contributed by atoms with Crippen LogP contribution in [0.25, 0.3) is 0 Å². The van der Waals surface area contributed by atoms with Crippen molar-refractivity contribution in [3.05, 3.63) is 0 Å². The lowest BCUT2D eigenvalue weighted by molar-refractivity contribution is -0.109. The van der Waals surface area contributed by atoms with Crippen molar-refractivity contribution in [2.45, 2.75) is 9.90 Å². The molecule has 0 fully saturated rings. The standard InChI is InChI=1S/C4H4Cl4F2O/c5-1-2-11-4(8,10)3(6,7)9/h1-2H2. The van der Waals surface area contributed by atoms with E-state index in [1.807, 2.05) is 0 Å². The topological polar surface area (TPSA) is 9.23 Å². The van der Waals surface area contributed by atoms with Gasteiger partial charge in [-0.3, -0.25) is 0 Å². The Morgan fingerprint density at radius 2 is 1.64 bits per heavy atom. The third-order valence-corrected chi connectivity index (χ3v) is 1.89. The SMILES string of the molecule is FC(Cl)(Cl)C(F)(Cl)OCCCl. The number of alkyl halides is 6. The smallest absolute Gasteiger partial charge is 0.328 e. The van der Waals surface area contributed by atoms with Gasteiger partial charge in [-0.2, -0.15) is 8.78 Å². The number of ether oxygens (including phenoxy) is 1. The zero-order chi connectivity index (χ0) is 9.12. The van der Waals surface area contributed by atoms with Crippen LogP contribution < -0.4 is 0 Å². The van der Waals surface area contributed by atoms with Crippen molar-refractivity contribution < 1.29 is 13.5 Å². The molecule has 0 saturated heterocycles. The van der Waals surface area contributed by atoms with Crippen LogP contribution in [0.1, 0.15) is 0 Å². The molecule has 68 valence electrons. The van der Waals surface area contributed by atoms with Crippen molar-refractivity contribution in [3.8, 4) is 0 Å². The summed E-state index contributed by atoms with van der Waals surface area (Å²) < 4.78 is 25.8. The highest BCUT2D eigenvalue weighted by Crippen LogP contribution is 2.42. The molecule has 7 heteroatoms. The summed E-state index contributed by atoms with van der Waals surface area (Å²) in [6.07, 6.45) is 0. The van der Waals surface area contributed by atoms with Gasteiger partial charge in [0.25, 0.3) is 0 Å². The summed E-state index contributed by atoms with van der Waals surface area (Å²) >= 11 is 19.3. The van der Waals surface area contributed by atoms with Gasteiger partial charge in [0, 0.05) is 5.88 Å². The minimum Gasteiger partial charge on any atom is -0.328 e. The normalized spacial score (nSPS) is 18.0. The van der Waals surface area contributed by atoms with Crippen LogP contribution in [0.4, 0.5) is 8.78 Å². The predicted octanol–water partition coefficient (Wildman–Crippen LogP) is 3.20. The van der Waals surface area contributed by atoms with E-state index in [9.17, 15) is 8.78 Å². The summed E-state index contributed by atoms with van der Waals surface area (Å²) in [5, 5.41) is -3.26. The van der Waals surface area contributed by atoms with E-state index in [0.29, 0.717) is 0 Å². The van der Waals surface area contributed by atoms with Crippen LogP contribution in [-0.2, 0) is 4.74 Å². The molecule has 0 amide bonds. The summed E-state index contributed by atoms with van der Waals surface area (Å²) in [6.45, 7) is -0.285. The molecule has 1 nitrogen and oxygen atoms in total. The number of halogens is 6. The lowest BCUT2D eigenvalue weighted by Gasteiger charge is -2.23. The molecule has 0 aliphatic carbocycles. The van der Waals surface area contributed by atoms with E-state index in [1.165, 1.54) is 0 Å². The first kappa shape index (κ1) is 12.0. The van der Waals surface area contributed by atoms with Crippen molar-refractivity contribution in [1.29, 1.82) is 0 Å². The molecule has 0 aliphatic rings. The molecule has 0 aliphatic heterocycles. The second kappa shape index (κ2) is 4.28. The monoisotopic (exact) mass is 246 g/mol. The second-order valence-corrected chi connectivity index (χ2v) is 3.65. The molecule has 0 heterocycles. The van der Waals surface area contributed by atoms with Gasteiger partial charge in [-0.15, -0.1) is 11.6 Å². The van der Waals surface area contributed by atoms with E-state index in [1.54, 1.807) is 0 Å². The van der Waals surface area contributed by atoms with Gasteiger partial charge in [0.15, 0.2) is 0 Å². The Kier molecular flexibility index (Phi) is 4.66. The maximum Gasteiger partial charge on any atom is 0.350 e. The molecular formula is C4H4Cl4F2O. The lowest BCUT2D eigenvalue weighted by atomic mass is 10.7. The second-order valence-electron chi connectivity index (χ2n) is 1.55. The fourth-order valence-corrected chi connectivity index (χ4v) is 0.512. The fraction of sp³-hybridized carbons (Fsp3) is 1.00. The third-order valence-electron chi connectivity index (χ3n) is 0.691. The maximum atomic E-state index is 12.6. The molecular weight excluding hydrogens is 244 g/mol. The molecule has 11 heavy (non-hydrogen) atoms. The van der Waals surface area contributed by atoms with Gasteiger partial charge in [-0.05, 0) is 11.6 Å². The Morgan fingerprint density at radius 3 is 1.91 bits per heavy atom. The van der Waals surface area contributed by atoms with Crippen molar-refractivity contribution in [1.82, 2.24) is 0 Å². The fourth-order valence-electron chi connectivity index (χ4n) is 0.249. The van der Waals surface area contributed by atoms with Crippen LogP contribution in [0.2, 0.25) is 0 Å². The maximum absolute atomic E-state index is 12.6. The molecule has 0 N–H and O–H groups in total. The predicted molar refractivity (Wildman–Crippen MR) is 41.9 cm³/mol. The van der Waals surface area contributed by atoms with Crippen molar-refractivity contribution >= 4 is 46.4 Å². The van der Waals surface area contributed by atoms with Crippen molar-refractivity contribution in [2.24, 2.45) is 0 Å². The summed E-state index contributed by atoms with van der Waals surface area (Å²) in [6, 6.07) is 0. The third kappa shape index (κ3) is 3.95. The molecule has 0 radical (unpaired) electrons. The average molecular weight is 248 g/mol. The van der Waals surface area contributed by atoms with Gasteiger partial charge in [-0.25, -0.2) is 0 Å². The first-order chi connectivity index (χ1) is 4.81. The van der Waals surface area contributed by atoms with E-state index in [4.69, 9.17) is 23.2 Å². The van der Waals surface area contributed by atoms with E-state index in [-0.39, 0.29) is 12.5 Å². The van der Waals surface area contributed by atoms with Crippen LogP contribution >= 0.6 is 46.4 Å². The molecule has 1 unspecified atom stereocenters. The largest absolute Gasteiger partial charge is 0.350 e. The Balaban J connectivity index is 4.00. The highest BCUT2D eigenvalue weighted by atomic mass is 35.5. The van der Waals surface area contributed by atoms with Crippen LogP contribution in [0, 0.1) is 0 Å². The molecule has 0 aromatic heterocycles. The van der Waals surface area contributed by atoms with Crippen LogP contribution in [-0.4, -0.2) is 22.4 Å². The average Bonchev–Trinajstić information content (AvgIpc) is 1.81. The molecule has 0 spiro atoms. The van der Waals surface area contributed by atoms with Gasteiger partial charge < -0.3 is 4.74 Å². The molecule has 0 bridgehead atoms. The molecule has 0 aromatic carbocycles. The molecule has 0 aromatic rings. The van der Waals surface area contributed by atoms with Crippen LogP contribution in [0.5, 0.6) is 0 Å². The van der Waals surface area contributed by atoms with Crippen molar-refractivity contribution in [3.63, 3.8) is 0 Å². The van der Waals surface area contributed by atoms with E-state index in [2.05, 4.69) is 27.9 Å². The summed E-state index contributed by atoms with van der Waals surface area (Å²) in [5.74, 6) is -0.0394. The Bertz CT molecular complexity index is 124. The molecule has 0 saturated carbocycles. The highest BCUT2D eigenvalue weighted by Gasteiger charge is 2.51. The zero-order valence-corrected chi connectivity index (χ0v) is 8.11. The zero-order valence-electron chi connectivity index (χ0n) is 5.09. The van der Waals surface area contributed by atoms with Gasteiger partial charge in [0.2, 0.25) is 0 Å². The van der Waals surface area contributed by atoms with Gasteiger partial charge >= 0.3 is 9.90 Å². The van der Waals surface area contributed by atoms with Crippen molar-refractivity contribution in [2.75, 3.05) is 12.5 Å². The summed E-state index contributed by atoms with van der Waals surface area (Å²) in [4.78, 5) is 0. The minimum absolute atomic E-state index is 0.0394. The first-order valence-corrected chi connectivity index (χ1v) is 4.12. The van der Waals surface area contributed by atoms with E-state index >= 15 is 0 Å². The molecule has 0 rings (SSSR count). The van der Waals surface area contributed by atoms with E-state index < -0.39 is 9.90 Å². The summed E-state index contributed by atoms with van der Waals surface area (Å²) in [5.41, 5.74) is 0. The van der Waals surface area contributed by atoms with Gasteiger partial charge in [0.1, 0.15) is 0 Å². The number of hydrogen-bond acceptors (Lipinski definition) is 1. The number of rotatable bonds is 4. The highest BCUT2D eigenvalue weighted by molar-refractivity contribution is 6.51. The Morgan fingerprint density at radius 1 is 1.18 bits per heavy atom. The van der Waals surface area contributed by atoms with Gasteiger partial charge in [-0.1, -0.05) is 23.2 Å².